The van der Waals surface area contributed by atoms with Gasteiger partial charge in [-0.15, -0.1) is 0 Å². The Morgan fingerprint density at radius 1 is 1.50 bits per heavy atom. The molecular weight excluding hydrogens is 232 g/mol. The van der Waals surface area contributed by atoms with Crippen molar-refractivity contribution in [2.45, 2.75) is 12.6 Å². The number of nitriles is 1. The van der Waals surface area contributed by atoms with Crippen LogP contribution in [0.5, 0.6) is 0 Å². The van der Waals surface area contributed by atoms with Gasteiger partial charge in [-0.25, -0.2) is 0 Å². The summed E-state index contributed by atoms with van der Waals surface area (Å²) in [5, 5.41) is 11.5. The van der Waals surface area contributed by atoms with Gasteiger partial charge in [-0.3, -0.25) is 4.79 Å². The van der Waals surface area contributed by atoms with Gasteiger partial charge in [0.15, 0.2) is 6.10 Å². The van der Waals surface area contributed by atoms with E-state index in [4.69, 9.17) is 14.7 Å². The van der Waals surface area contributed by atoms with Gasteiger partial charge < -0.3 is 14.8 Å². The summed E-state index contributed by atoms with van der Waals surface area (Å²) in [6, 6.07) is 9.19. The fraction of sp³-hybridized carbons (Fsp3) is 0.385. The number of hydrogen-bond acceptors (Lipinski definition) is 4. The number of nitrogens with zero attached hydrogens (tertiary/aromatic N) is 1. The molecule has 1 saturated heterocycles. The second-order valence-electron chi connectivity index (χ2n) is 3.96. The number of carbonyl (C=O) groups is 1. The van der Waals surface area contributed by atoms with Crippen LogP contribution in [0.4, 0.5) is 0 Å². The van der Waals surface area contributed by atoms with Crippen LogP contribution in [0.2, 0.25) is 0 Å². The first kappa shape index (κ1) is 12.6. The van der Waals surface area contributed by atoms with Gasteiger partial charge in [-0.1, -0.05) is 12.1 Å². The first-order valence-corrected chi connectivity index (χ1v) is 5.75. The highest BCUT2D eigenvalue weighted by molar-refractivity contribution is 5.80. The minimum atomic E-state index is -0.530. The maximum Gasteiger partial charge on any atom is 0.251 e. The molecule has 0 radical (unpaired) electrons. The monoisotopic (exact) mass is 246 g/mol. The molecule has 2 rings (SSSR count). The van der Waals surface area contributed by atoms with Crippen LogP contribution in [0, 0.1) is 11.3 Å². The van der Waals surface area contributed by atoms with E-state index in [1.807, 2.05) is 6.07 Å². The Bertz CT molecular complexity index is 462. The second kappa shape index (κ2) is 6.15. The third-order valence-electron chi connectivity index (χ3n) is 2.63. The summed E-state index contributed by atoms with van der Waals surface area (Å²) in [6.45, 7) is 1.66. The minimum Gasteiger partial charge on any atom is -0.376 e. The molecule has 1 amide bonds. The van der Waals surface area contributed by atoms with Crippen LogP contribution in [0.15, 0.2) is 24.3 Å². The standard InChI is InChI=1S/C13H14N2O3/c14-7-10-2-1-3-11(6-10)8-15-13(16)12-9-17-4-5-18-12/h1-3,6,12H,4-5,8-9H2,(H,15,16). The molecule has 5 nitrogen and oxygen atoms in total. The Balaban J connectivity index is 1.86. The van der Waals surface area contributed by atoms with E-state index in [0.29, 0.717) is 31.9 Å². The number of nitrogens with one attached hydrogen (secondary N) is 1. The largest absolute Gasteiger partial charge is 0.376 e. The average Bonchev–Trinajstić information content (AvgIpc) is 2.46. The van der Waals surface area contributed by atoms with Gasteiger partial charge >= 0.3 is 0 Å². The fourth-order valence-electron chi connectivity index (χ4n) is 1.69. The summed E-state index contributed by atoms with van der Waals surface area (Å²) in [4.78, 5) is 11.7. The number of rotatable bonds is 3. The highest BCUT2D eigenvalue weighted by atomic mass is 16.6. The summed E-state index contributed by atoms with van der Waals surface area (Å²) in [5.41, 5.74) is 1.47. The summed E-state index contributed by atoms with van der Waals surface area (Å²) >= 11 is 0. The van der Waals surface area contributed by atoms with Crippen molar-refractivity contribution < 1.29 is 14.3 Å². The number of carbonyl (C=O) groups excluding carboxylic acids is 1. The van der Waals surface area contributed by atoms with Crippen molar-refractivity contribution >= 4 is 5.91 Å². The molecule has 1 N–H and O–H groups in total. The molecule has 0 spiro atoms. The molecule has 0 aromatic heterocycles. The second-order valence-corrected chi connectivity index (χ2v) is 3.96. The van der Waals surface area contributed by atoms with Crippen molar-refractivity contribution in [2.24, 2.45) is 0 Å². The Kier molecular flexibility index (Phi) is 4.29. The summed E-state index contributed by atoms with van der Waals surface area (Å²) in [6.07, 6.45) is -0.530. The maximum atomic E-state index is 11.7. The predicted octanol–water partition coefficient (Wildman–Crippen LogP) is 0.590. The smallest absolute Gasteiger partial charge is 0.251 e. The van der Waals surface area contributed by atoms with E-state index < -0.39 is 6.10 Å². The Morgan fingerprint density at radius 2 is 2.39 bits per heavy atom. The van der Waals surface area contributed by atoms with Crippen LogP contribution in [0.25, 0.3) is 0 Å². The molecule has 1 atom stereocenters. The average molecular weight is 246 g/mol. The highest BCUT2D eigenvalue weighted by Crippen LogP contribution is 2.05. The van der Waals surface area contributed by atoms with E-state index in [-0.39, 0.29) is 5.91 Å². The quantitative estimate of drug-likeness (QED) is 0.847. The SMILES string of the molecule is N#Cc1cccc(CNC(=O)C2COCCO2)c1. The van der Waals surface area contributed by atoms with E-state index in [0.717, 1.165) is 5.56 Å². The summed E-state index contributed by atoms with van der Waals surface area (Å²) < 4.78 is 10.4. The molecule has 0 bridgehead atoms. The van der Waals surface area contributed by atoms with E-state index in [9.17, 15) is 4.79 Å². The van der Waals surface area contributed by atoms with Crippen LogP contribution in [-0.2, 0) is 20.8 Å². The van der Waals surface area contributed by atoms with Gasteiger partial charge in [0, 0.05) is 6.54 Å². The Hall–Kier alpha value is -1.90. The van der Waals surface area contributed by atoms with Crippen molar-refractivity contribution in [2.75, 3.05) is 19.8 Å². The van der Waals surface area contributed by atoms with Crippen molar-refractivity contribution in [3.05, 3.63) is 35.4 Å². The van der Waals surface area contributed by atoms with Gasteiger partial charge in [0.25, 0.3) is 5.91 Å². The first-order chi connectivity index (χ1) is 8.79. The number of hydrogen-bond donors (Lipinski definition) is 1. The topological polar surface area (TPSA) is 71.4 Å². The molecular formula is C13H14N2O3. The number of amides is 1. The molecule has 1 aliphatic rings. The molecule has 5 heteroatoms. The molecule has 1 heterocycles. The van der Waals surface area contributed by atoms with Crippen LogP contribution < -0.4 is 5.32 Å². The zero-order chi connectivity index (χ0) is 12.8. The lowest BCUT2D eigenvalue weighted by atomic mass is 10.1. The van der Waals surface area contributed by atoms with Gasteiger partial charge in [0.1, 0.15) is 0 Å². The molecule has 1 fully saturated rings. The molecule has 1 aromatic carbocycles. The van der Waals surface area contributed by atoms with Crippen molar-refractivity contribution in [3.63, 3.8) is 0 Å². The van der Waals surface area contributed by atoms with Crippen molar-refractivity contribution in [3.8, 4) is 6.07 Å². The van der Waals surface area contributed by atoms with Gasteiger partial charge in [0.2, 0.25) is 0 Å². The molecule has 94 valence electrons. The first-order valence-electron chi connectivity index (χ1n) is 5.75. The zero-order valence-corrected chi connectivity index (χ0v) is 9.89. The lowest BCUT2D eigenvalue weighted by molar-refractivity contribution is -0.147. The van der Waals surface area contributed by atoms with E-state index >= 15 is 0 Å². The number of benzene rings is 1. The normalized spacial score (nSPS) is 18.9. The van der Waals surface area contributed by atoms with E-state index in [2.05, 4.69) is 11.4 Å². The summed E-state index contributed by atoms with van der Waals surface area (Å²) in [7, 11) is 0. The Morgan fingerprint density at radius 3 is 3.11 bits per heavy atom. The number of ether oxygens (including phenoxy) is 2. The molecule has 1 unspecified atom stereocenters. The molecule has 0 saturated carbocycles. The van der Waals surface area contributed by atoms with Crippen LogP contribution in [0.1, 0.15) is 11.1 Å². The zero-order valence-electron chi connectivity index (χ0n) is 9.89. The molecule has 0 aliphatic carbocycles. The van der Waals surface area contributed by atoms with Crippen molar-refractivity contribution in [1.29, 1.82) is 5.26 Å². The van der Waals surface area contributed by atoms with Crippen LogP contribution in [-0.4, -0.2) is 31.8 Å². The van der Waals surface area contributed by atoms with Gasteiger partial charge in [0.05, 0.1) is 31.5 Å². The predicted molar refractivity (Wildman–Crippen MR) is 63.6 cm³/mol. The lowest BCUT2D eigenvalue weighted by Gasteiger charge is -2.22. The van der Waals surface area contributed by atoms with E-state index in [1.54, 1.807) is 18.2 Å². The fourth-order valence-corrected chi connectivity index (χ4v) is 1.69. The third-order valence-corrected chi connectivity index (χ3v) is 2.63. The van der Waals surface area contributed by atoms with Crippen LogP contribution >= 0.6 is 0 Å². The van der Waals surface area contributed by atoms with Crippen molar-refractivity contribution in [1.82, 2.24) is 5.32 Å². The van der Waals surface area contributed by atoms with Crippen LogP contribution in [0.3, 0.4) is 0 Å². The summed E-state index contributed by atoms with van der Waals surface area (Å²) in [5.74, 6) is -0.183. The van der Waals surface area contributed by atoms with Gasteiger partial charge in [-0.05, 0) is 17.7 Å². The molecule has 1 aliphatic heterocycles. The highest BCUT2D eigenvalue weighted by Gasteiger charge is 2.22. The van der Waals surface area contributed by atoms with Gasteiger partial charge in [-0.2, -0.15) is 5.26 Å². The van der Waals surface area contributed by atoms with E-state index in [1.165, 1.54) is 0 Å². The molecule has 18 heavy (non-hydrogen) atoms. The lowest BCUT2D eigenvalue weighted by Crippen LogP contribution is -2.42. The molecule has 1 aromatic rings. The minimum absolute atomic E-state index is 0.183. The Labute approximate surface area is 105 Å². The third kappa shape index (κ3) is 3.29. The maximum absolute atomic E-state index is 11.7.